The van der Waals surface area contributed by atoms with Gasteiger partial charge in [0, 0.05) is 12.3 Å². The molecule has 7 nitrogen and oxygen atoms in total. The van der Waals surface area contributed by atoms with Crippen molar-refractivity contribution in [3.8, 4) is 11.5 Å². The number of aromatic nitrogens is 2. The van der Waals surface area contributed by atoms with Gasteiger partial charge in [0.05, 0.1) is 11.4 Å². The van der Waals surface area contributed by atoms with Crippen molar-refractivity contribution in [2.45, 2.75) is 20.5 Å². The minimum Gasteiger partial charge on any atom is -0.485 e. The van der Waals surface area contributed by atoms with Crippen LogP contribution in [0.2, 0.25) is 0 Å². The molecule has 0 atom stereocenters. The van der Waals surface area contributed by atoms with Crippen molar-refractivity contribution in [3.63, 3.8) is 0 Å². The quantitative estimate of drug-likeness (QED) is 0.482. The first-order chi connectivity index (χ1) is 15.5. The SMILES string of the molecule is Cc1ccc(OCC(=O)Nc2ccccc2OCc2cc(=O)n3cc(C)ccc3n2)cc1. The molecule has 2 heterocycles. The van der Waals surface area contributed by atoms with Gasteiger partial charge in [0.25, 0.3) is 11.5 Å². The Kier molecular flexibility index (Phi) is 6.17. The summed E-state index contributed by atoms with van der Waals surface area (Å²) in [5.74, 6) is 0.792. The number of aryl methyl sites for hydroxylation is 2. The number of hydrogen-bond acceptors (Lipinski definition) is 5. The fourth-order valence-corrected chi connectivity index (χ4v) is 3.15. The van der Waals surface area contributed by atoms with Gasteiger partial charge in [-0.1, -0.05) is 35.9 Å². The van der Waals surface area contributed by atoms with Crippen LogP contribution in [-0.2, 0) is 11.4 Å². The van der Waals surface area contributed by atoms with Crippen molar-refractivity contribution >= 4 is 17.2 Å². The van der Waals surface area contributed by atoms with Gasteiger partial charge < -0.3 is 14.8 Å². The molecule has 2 aromatic heterocycles. The molecular weight excluding hydrogens is 406 g/mol. The van der Waals surface area contributed by atoms with Crippen molar-refractivity contribution in [1.29, 1.82) is 0 Å². The van der Waals surface area contributed by atoms with Crippen molar-refractivity contribution in [2.24, 2.45) is 0 Å². The highest BCUT2D eigenvalue weighted by Crippen LogP contribution is 2.24. The van der Waals surface area contributed by atoms with Crippen LogP contribution in [0.3, 0.4) is 0 Å². The average molecular weight is 429 g/mol. The molecule has 0 saturated heterocycles. The van der Waals surface area contributed by atoms with Crippen LogP contribution in [0.4, 0.5) is 5.69 Å². The molecular formula is C25H23N3O4. The monoisotopic (exact) mass is 429 g/mol. The van der Waals surface area contributed by atoms with E-state index < -0.39 is 0 Å². The van der Waals surface area contributed by atoms with E-state index in [9.17, 15) is 9.59 Å². The van der Waals surface area contributed by atoms with Gasteiger partial charge in [-0.3, -0.25) is 14.0 Å². The van der Waals surface area contributed by atoms with E-state index in [0.29, 0.717) is 28.5 Å². The maximum absolute atomic E-state index is 12.4. The zero-order valence-corrected chi connectivity index (χ0v) is 17.9. The maximum Gasteiger partial charge on any atom is 0.262 e. The highest BCUT2D eigenvalue weighted by atomic mass is 16.5. The van der Waals surface area contributed by atoms with Gasteiger partial charge >= 0.3 is 0 Å². The molecule has 7 heteroatoms. The predicted octanol–water partition coefficient (Wildman–Crippen LogP) is 3.91. The molecule has 0 radical (unpaired) electrons. The Morgan fingerprint density at radius 3 is 2.53 bits per heavy atom. The lowest BCUT2D eigenvalue weighted by molar-refractivity contribution is -0.118. The largest absolute Gasteiger partial charge is 0.485 e. The topological polar surface area (TPSA) is 81.9 Å². The second-order valence-electron chi connectivity index (χ2n) is 7.46. The lowest BCUT2D eigenvalue weighted by Crippen LogP contribution is -2.20. The van der Waals surface area contributed by atoms with Crippen LogP contribution in [0.15, 0.2) is 77.7 Å². The van der Waals surface area contributed by atoms with Crippen LogP contribution in [0.5, 0.6) is 11.5 Å². The summed E-state index contributed by atoms with van der Waals surface area (Å²) in [5.41, 5.74) is 3.48. The maximum atomic E-state index is 12.4. The van der Waals surface area contributed by atoms with Crippen molar-refractivity contribution in [2.75, 3.05) is 11.9 Å². The van der Waals surface area contributed by atoms with Crippen molar-refractivity contribution in [1.82, 2.24) is 9.38 Å². The van der Waals surface area contributed by atoms with Crippen LogP contribution in [0, 0.1) is 13.8 Å². The number of ether oxygens (including phenoxy) is 2. The fourth-order valence-electron chi connectivity index (χ4n) is 3.15. The van der Waals surface area contributed by atoms with E-state index in [1.54, 1.807) is 36.5 Å². The van der Waals surface area contributed by atoms with Gasteiger partial charge in [0.1, 0.15) is 23.8 Å². The van der Waals surface area contributed by atoms with Gasteiger partial charge in [0.2, 0.25) is 0 Å². The molecule has 0 aliphatic carbocycles. The summed E-state index contributed by atoms with van der Waals surface area (Å²) in [7, 11) is 0. The lowest BCUT2D eigenvalue weighted by atomic mass is 10.2. The molecule has 32 heavy (non-hydrogen) atoms. The van der Waals surface area contributed by atoms with E-state index >= 15 is 0 Å². The summed E-state index contributed by atoms with van der Waals surface area (Å²) < 4.78 is 12.9. The molecule has 1 amide bonds. The molecule has 0 spiro atoms. The van der Waals surface area contributed by atoms with E-state index in [0.717, 1.165) is 11.1 Å². The summed E-state index contributed by atoms with van der Waals surface area (Å²) in [4.78, 5) is 29.2. The lowest BCUT2D eigenvalue weighted by Gasteiger charge is -2.13. The molecule has 0 aliphatic heterocycles. The van der Waals surface area contributed by atoms with E-state index in [-0.39, 0.29) is 24.7 Å². The number of nitrogens with one attached hydrogen (secondary N) is 1. The highest BCUT2D eigenvalue weighted by Gasteiger charge is 2.10. The first-order valence-electron chi connectivity index (χ1n) is 10.2. The number of para-hydroxylation sites is 2. The standard InChI is InChI=1S/C25H23N3O4/c1-17-7-10-20(11-8-17)31-16-24(29)27-21-5-3-4-6-22(21)32-15-19-13-25(30)28-14-18(2)9-12-23(28)26-19/h3-14H,15-16H2,1-2H3,(H,27,29). The number of carbonyl (C=O) groups excluding carboxylic acids is 1. The number of hydrogen-bond donors (Lipinski definition) is 1. The van der Waals surface area contributed by atoms with Crippen LogP contribution in [0.25, 0.3) is 5.65 Å². The van der Waals surface area contributed by atoms with Crippen LogP contribution in [-0.4, -0.2) is 21.9 Å². The van der Waals surface area contributed by atoms with Crippen molar-refractivity contribution in [3.05, 3.63) is 100 Å². The molecule has 2 aromatic carbocycles. The third-order valence-electron chi connectivity index (χ3n) is 4.79. The second kappa shape index (κ2) is 9.34. The van der Waals surface area contributed by atoms with Gasteiger partial charge in [0.15, 0.2) is 6.61 Å². The predicted molar refractivity (Wildman–Crippen MR) is 122 cm³/mol. The third kappa shape index (κ3) is 5.13. The molecule has 0 unspecified atom stereocenters. The van der Waals surface area contributed by atoms with Gasteiger partial charge in [-0.25, -0.2) is 4.98 Å². The molecule has 162 valence electrons. The Morgan fingerprint density at radius 2 is 1.72 bits per heavy atom. The minimum absolute atomic E-state index is 0.0896. The molecule has 4 rings (SSSR count). The Morgan fingerprint density at radius 1 is 0.969 bits per heavy atom. The van der Waals surface area contributed by atoms with Gasteiger partial charge in [-0.15, -0.1) is 0 Å². The number of benzene rings is 2. The van der Waals surface area contributed by atoms with Crippen LogP contribution >= 0.6 is 0 Å². The Labute approximate surface area is 185 Å². The molecule has 1 N–H and O–H groups in total. The zero-order valence-electron chi connectivity index (χ0n) is 17.9. The number of nitrogens with zero attached hydrogens (tertiary/aromatic N) is 2. The fraction of sp³-hybridized carbons (Fsp3) is 0.160. The average Bonchev–Trinajstić information content (AvgIpc) is 2.79. The van der Waals surface area contributed by atoms with Crippen LogP contribution in [0.1, 0.15) is 16.8 Å². The number of anilines is 1. The first-order valence-corrected chi connectivity index (χ1v) is 10.2. The second-order valence-corrected chi connectivity index (χ2v) is 7.46. The Bertz CT molecular complexity index is 1310. The summed E-state index contributed by atoms with van der Waals surface area (Å²) >= 11 is 0. The Hall–Kier alpha value is -4.13. The summed E-state index contributed by atoms with van der Waals surface area (Å²) in [5, 5.41) is 2.80. The van der Waals surface area contributed by atoms with Crippen molar-refractivity contribution < 1.29 is 14.3 Å². The number of carbonyl (C=O) groups is 1. The first kappa shape index (κ1) is 21.1. The van der Waals surface area contributed by atoms with E-state index in [4.69, 9.17) is 9.47 Å². The molecule has 4 aromatic rings. The highest BCUT2D eigenvalue weighted by molar-refractivity contribution is 5.93. The molecule has 0 fully saturated rings. The Balaban J connectivity index is 1.41. The number of amides is 1. The number of fused-ring (bicyclic) bond motifs is 1. The third-order valence-corrected chi connectivity index (χ3v) is 4.79. The molecule has 0 aliphatic rings. The van der Waals surface area contributed by atoms with E-state index in [1.165, 1.54) is 10.5 Å². The van der Waals surface area contributed by atoms with Gasteiger partial charge in [-0.05, 0) is 49.7 Å². The van der Waals surface area contributed by atoms with E-state index in [1.807, 2.05) is 44.2 Å². The smallest absolute Gasteiger partial charge is 0.262 e. The van der Waals surface area contributed by atoms with E-state index in [2.05, 4.69) is 10.3 Å². The number of rotatable bonds is 7. The molecule has 0 saturated carbocycles. The normalized spacial score (nSPS) is 10.7. The number of pyridine rings is 1. The summed E-state index contributed by atoms with van der Waals surface area (Å²) in [6.07, 6.45) is 1.75. The zero-order chi connectivity index (χ0) is 22.5. The minimum atomic E-state index is -0.306. The van der Waals surface area contributed by atoms with Gasteiger partial charge in [-0.2, -0.15) is 0 Å². The summed E-state index contributed by atoms with van der Waals surface area (Å²) in [6.45, 7) is 3.87. The van der Waals surface area contributed by atoms with Crippen LogP contribution < -0.4 is 20.3 Å². The molecule has 0 bridgehead atoms. The summed E-state index contributed by atoms with van der Waals surface area (Å²) in [6, 6.07) is 19.7.